The average molecular weight is 355 g/mol. The molecule has 1 N–H and O–H groups in total. The molecule has 1 nitrogen and oxygen atoms in total. The molecule has 1 heterocycles. The summed E-state index contributed by atoms with van der Waals surface area (Å²) < 4.78 is 2.44. The van der Waals surface area contributed by atoms with Crippen LogP contribution in [0.3, 0.4) is 0 Å². The average Bonchev–Trinajstić information content (AvgIpc) is 2.52. The maximum Gasteiger partial charge on any atom is 0.0758 e. The van der Waals surface area contributed by atoms with E-state index in [1.165, 1.54) is 32.4 Å². The highest BCUT2D eigenvalue weighted by Gasteiger charge is 2.15. The molecule has 0 fully saturated rings. The molecule has 0 bridgehead atoms. The Morgan fingerprint density at radius 3 is 2.60 bits per heavy atom. The van der Waals surface area contributed by atoms with Crippen molar-refractivity contribution >= 4 is 43.2 Å². The molecule has 0 saturated heterocycles. The summed E-state index contributed by atoms with van der Waals surface area (Å²) in [7, 11) is 0. The molecule has 1 aromatic rings. The van der Waals surface area contributed by atoms with Gasteiger partial charge in [0.1, 0.15) is 0 Å². The molecule has 1 aromatic heterocycles. The van der Waals surface area contributed by atoms with Gasteiger partial charge in [-0.1, -0.05) is 26.7 Å². The van der Waals surface area contributed by atoms with Gasteiger partial charge in [-0.3, -0.25) is 0 Å². The van der Waals surface area contributed by atoms with Crippen LogP contribution < -0.4 is 5.32 Å². The third-order valence-electron chi connectivity index (χ3n) is 2.36. The van der Waals surface area contributed by atoms with Crippen molar-refractivity contribution in [3.8, 4) is 0 Å². The van der Waals surface area contributed by atoms with Crippen molar-refractivity contribution in [3.05, 3.63) is 19.2 Å². The Hall–Kier alpha value is 0.620. The lowest BCUT2D eigenvalue weighted by atomic mass is 10.0. The third kappa shape index (κ3) is 4.17. The zero-order valence-corrected chi connectivity index (χ0v) is 13.1. The molecular weight excluding hydrogens is 338 g/mol. The Morgan fingerprint density at radius 1 is 1.40 bits per heavy atom. The molecule has 0 aromatic carbocycles. The maximum atomic E-state index is 3.63. The van der Waals surface area contributed by atoms with Crippen molar-refractivity contribution in [3.63, 3.8) is 0 Å². The number of nitrogens with one attached hydrogen (secondary N) is 1. The predicted molar refractivity (Wildman–Crippen MR) is 75.7 cm³/mol. The summed E-state index contributed by atoms with van der Waals surface area (Å²) in [5, 5.41) is 3.54. The summed E-state index contributed by atoms with van der Waals surface area (Å²) in [6.07, 6.45) is 3.74. The Bertz CT molecular complexity index is 299. The van der Waals surface area contributed by atoms with Crippen LogP contribution in [0.4, 0.5) is 0 Å². The van der Waals surface area contributed by atoms with Crippen LogP contribution in [-0.2, 0) is 0 Å². The summed E-state index contributed by atoms with van der Waals surface area (Å²) in [5.41, 5.74) is 1.39. The lowest BCUT2D eigenvalue weighted by molar-refractivity contribution is 0.494. The molecule has 15 heavy (non-hydrogen) atoms. The van der Waals surface area contributed by atoms with Gasteiger partial charge >= 0.3 is 0 Å². The molecule has 1 unspecified atom stereocenters. The van der Waals surface area contributed by atoms with Gasteiger partial charge in [-0.05, 0) is 56.5 Å². The van der Waals surface area contributed by atoms with Crippen LogP contribution in [0.1, 0.15) is 44.7 Å². The van der Waals surface area contributed by atoms with E-state index in [0.29, 0.717) is 6.04 Å². The molecule has 0 aliphatic heterocycles. The van der Waals surface area contributed by atoms with Gasteiger partial charge in [-0.15, -0.1) is 11.3 Å². The van der Waals surface area contributed by atoms with Gasteiger partial charge in [-0.25, -0.2) is 0 Å². The quantitative estimate of drug-likeness (QED) is 0.748. The van der Waals surface area contributed by atoms with Crippen molar-refractivity contribution in [1.82, 2.24) is 5.32 Å². The summed E-state index contributed by atoms with van der Waals surface area (Å²) in [6, 6.07) is 2.71. The molecule has 0 aliphatic carbocycles. The van der Waals surface area contributed by atoms with Gasteiger partial charge in [0, 0.05) is 6.04 Å². The fourth-order valence-electron chi connectivity index (χ4n) is 1.61. The molecule has 1 rings (SSSR count). The largest absolute Gasteiger partial charge is 0.310 e. The van der Waals surface area contributed by atoms with Crippen LogP contribution in [0.25, 0.3) is 0 Å². The molecule has 0 amide bonds. The van der Waals surface area contributed by atoms with Crippen LogP contribution in [0.15, 0.2) is 13.6 Å². The number of hydrogen-bond acceptors (Lipinski definition) is 2. The Morgan fingerprint density at radius 2 is 2.13 bits per heavy atom. The van der Waals surface area contributed by atoms with Crippen LogP contribution in [0.2, 0.25) is 0 Å². The minimum atomic E-state index is 0.492. The lowest BCUT2D eigenvalue weighted by Gasteiger charge is -2.17. The number of thiophene rings is 1. The standard InChI is InChI=1S/C11H17Br2NS/c1-3-5-6-9(14-4-2)8-7-10(12)15-11(8)13/h7,9,14H,3-6H2,1-2H3. The first kappa shape index (κ1) is 13.7. The van der Waals surface area contributed by atoms with E-state index >= 15 is 0 Å². The van der Waals surface area contributed by atoms with Crippen molar-refractivity contribution in [1.29, 1.82) is 0 Å². The fourth-order valence-corrected chi connectivity index (χ4v) is 4.59. The predicted octanol–water partition coefficient (Wildman–Crippen LogP) is 5.11. The molecular formula is C11H17Br2NS. The van der Waals surface area contributed by atoms with E-state index in [1.54, 1.807) is 11.3 Å². The van der Waals surface area contributed by atoms with Crippen molar-refractivity contribution in [2.75, 3.05) is 6.54 Å². The van der Waals surface area contributed by atoms with Crippen molar-refractivity contribution in [2.45, 2.75) is 39.2 Å². The van der Waals surface area contributed by atoms with Gasteiger partial charge in [0.15, 0.2) is 0 Å². The topological polar surface area (TPSA) is 12.0 Å². The van der Waals surface area contributed by atoms with Gasteiger partial charge in [0.2, 0.25) is 0 Å². The second-order valence-electron chi connectivity index (χ2n) is 3.53. The van der Waals surface area contributed by atoms with Crippen LogP contribution in [0, 0.1) is 0 Å². The fraction of sp³-hybridized carbons (Fsp3) is 0.636. The van der Waals surface area contributed by atoms with Crippen molar-refractivity contribution in [2.24, 2.45) is 0 Å². The Labute approximate surface area is 113 Å². The second-order valence-corrected chi connectivity index (χ2v) is 7.28. The number of unbranched alkanes of at least 4 members (excludes halogenated alkanes) is 1. The van der Waals surface area contributed by atoms with E-state index in [2.05, 4.69) is 57.1 Å². The summed E-state index contributed by atoms with van der Waals surface area (Å²) in [4.78, 5) is 0. The van der Waals surface area contributed by atoms with Gasteiger partial charge in [-0.2, -0.15) is 0 Å². The van der Waals surface area contributed by atoms with Crippen LogP contribution in [-0.4, -0.2) is 6.54 Å². The minimum Gasteiger partial charge on any atom is -0.310 e. The molecule has 0 radical (unpaired) electrons. The first-order valence-electron chi connectivity index (χ1n) is 5.37. The van der Waals surface area contributed by atoms with E-state index in [1.807, 2.05) is 0 Å². The van der Waals surface area contributed by atoms with Crippen LogP contribution in [0.5, 0.6) is 0 Å². The van der Waals surface area contributed by atoms with Crippen molar-refractivity contribution < 1.29 is 0 Å². The summed E-state index contributed by atoms with van der Waals surface area (Å²) in [6.45, 7) is 5.42. The molecule has 1 atom stereocenters. The molecule has 86 valence electrons. The Balaban J connectivity index is 2.73. The first-order valence-corrected chi connectivity index (χ1v) is 7.77. The zero-order chi connectivity index (χ0) is 11.3. The van der Waals surface area contributed by atoms with E-state index < -0.39 is 0 Å². The maximum absolute atomic E-state index is 3.63. The molecule has 0 spiro atoms. The number of rotatable bonds is 6. The summed E-state index contributed by atoms with van der Waals surface area (Å²) >= 11 is 8.91. The van der Waals surface area contributed by atoms with Gasteiger partial charge in [0.25, 0.3) is 0 Å². The SMILES string of the molecule is CCCCC(NCC)c1cc(Br)sc1Br. The normalized spacial score (nSPS) is 13.1. The summed E-state index contributed by atoms with van der Waals surface area (Å²) in [5.74, 6) is 0. The Kier molecular flexibility index (Phi) is 6.43. The lowest BCUT2D eigenvalue weighted by Crippen LogP contribution is -2.20. The molecule has 0 saturated carbocycles. The highest BCUT2D eigenvalue weighted by atomic mass is 79.9. The minimum absolute atomic E-state index is 0.492. The van der Waals surface area contributed by atoms with E-state index in [9.17, 15) is 0 Å². The second kappa shape index (κ2) is 7.05. The zero-order valence-electron chi connectivity index (χ0n) is 9.15. The smallest absolute Gasteiger partial charge is 0.0758 e. The highest BCUT2D eigenvalue weighted by molar-refractivity contribution is 9.12. The van der Waals surface area contributed by atoms with Gasteiger partial charge < -0.3 is 5.32 Å². The van der Waals surface area contributed by atoms with E-state index in [-0.39, 0.29) is 0 Å². The first-order chi connectivity index (χ1) is 7.19. The third-order valence-corrected chi connectivity index (χ3v) is 4.74. The number of halogens is 2. The molecule has 4 heteroatoms. The van der Waals surface area contributed by atoms with E-state index in [4.69, 9.17) is 0 Å². The van der Waals surface area contributed by atoms with Crippen LogP contribution >= 0.6 is 43.2 Å². The monoisotopic (exact) mass is 353 g/mol. The molecule has 0 aliphatic rings. The number of hydrogen-bond donors (Lipinski definition) is 1. The van der Waals surface area contributed by atoms with E-state index in [0.717, 1.165) is 6.54 Å². The highest BCUT2D eigenvalue weighted by Crippen LogP contribution is 2.36. The van der Waals surface area contributed by atoms with Gasteiger partial charge in [0.05, 0.1) is 7.57 Å².